The highest BCUT2D eigenvalue weighted by molar-refractivity contribution is 6.36. The van der Waals surface area contributed by atoms with E-state index in [2.05, 4.69) is 65.7 Å². The smallest absolute Gasteiger partial charge is 0.319 e. The Morgan fingerprint density at radius 2 is 1.98 bits per heavy atom. The van der Waals surface area contributed by atoms with Crippen LogP contribution in [-0.2, 0) is 17.8 Å². The molecule has 0 spiro atoms. The third-order valence-corrected chi connectivity index (χ3v) is 9.41. The lowest BCUT2D eigenvalue weighted by molar-refractivity contribution is -0.128. The summed E-state index contributed by atoms with van der Waals surface area (Å²) in [5.41, 5.74) is 3.13. The van der Waals surface area contributed by atoms with E-state index in [1.165, 1.54) is 6.08 Å². The molecule has 1 unspecified atom stereocenters. The van der Waals surface area contributed by atoms with Crippen molar-refractivity contribution in [2.45, 2.75) is 56.8 Å². The van der Waals surface area contributed by atoms with Gasteiger partial charge in [-0.3, -0.25) is 4.79 Å². The van der Waals surface area contributed by atoms with Crippen LogP contribution in [0.25, 0.3) is 10.8 Å². The molecule has 6 rings (SSSR count). The molecular formula is C33H38ClN7O2. The number of amides is 1. The number of halogens is 1. The SMILES string of the molecule is C=CC(=O)N1CCN(c2nc(O[C@@H]3CCC[C@@H]3N(C)C)nc3c2CCN(c2cccc4cccc(Cl)c24)C3)CC1CC#N. The number of nitriles is 1. The molecule has 0 bridgehead atoms. The van der Waals surface area contributed by atoms with Crippen molar-refractivity contribution in [2.75, 3.05) is 50.1 Å². The van der Waals surface area contributed by atoms with Gasteiger partial charge in [-0.2, -0.15) is 15.2 Å². The zero-order valence-electron chi connectivity index (χ0n) is 24.9. The van der Waals surface area contributed by atoms with E-state index in [1.54, 1.807) is 4.90 Å². The Morgan fingerprint density at radius 1 is 1.16 bits per heavy atom. The molecule has 10 heteroatoms. The first kappa shape index (κ1) is 29.2. The molecule has 0 radical (unpaired) electrons. The fourth-order valence-electron chi connectivity index (χ4n) is 6.95. The van der Waals surface area contributed by atoms with E-state index in [-0.39, 0.29) is 24.5 Å². The number of hydrogen-bond donors (Lipinski definition) is 0. The van der Waals surface area contributed by atoms with Crippen LogP contribution in [0.4, 0.5) is 11.5 Å². The fraction of sp³-hybridized carbons (Fsp3) is 0.455. The third kappa shape index (κ3) is 5.74. The topological polar surface area (TPSA) is 88.8 Å². The molecule has 1 aromatic heterocycles. The Labute approximate surface area is 258 Å². The molecule has 224 valence electrons. The summed E-state index contributed by atoms with van der Waals surface area (Å²) in [4.78, 5) is 31.2. The van der Waals surface area contributed by atoms with Gasteiger partial charge in [-0.1, -0.05) is 42.4 Å². The molecule has 1 saturated heterocycles. The van der Waals surface area contributed by atoms with Crippen LogP contribution in [0, 0.1) is 11.3 Å². The minimum atomic E-state index is -0.245. The lowest BCUT2D eigenvalue weighted by atomic mass is 10.0. The Morgan fingerprint density at radius 3 is 2.74 bits per heavy atom. The number of likely N-dealkylation sites (N-methyl/N-ethyl adjacent to an activating group) is 1. The first-order valence-corrected chi connectivity index (χ1v) is 15.5. The average molecular weight is 600 g/mol. The standard InChI is InChI=1S/C33H38ClN7O2/c1-4-30(42)41-19-18-40(20-23(41)14-16-35)32-24-15-17-39(28-12-6-9-22-8-5-10-25(34)31(22)28)21-26(24)36-33(37-32)43-29-13-7-11-27(29)38(2)3/h4-6,8-10,12,23,27,29H,1,7,11,13-15,17-21H2,2-3H3/t23?,27-,29+/m0/s1. The summed E-state index contributed by atoms with van der Waals surface area (Å²) >= 11 is 6.71. The normalized spacial score (nSPS) is 22.0. The minimum Gasteiger partial charge on any atom is -0.458 e. The summed E-state index contributed by atoms with van der Waals surface area (Å²) in [7, 11) is 4.19. The van der Waals surface area contributed by atoms with Gasteiger partial charge >= 0.3 is 6.01 Å². The molecule has 1 amide bonds. The lowest BCUT2D eigenvalue weighted by Gasteiger charge is -2.42. The van der Waals surface area contributed by atoms with Crippen molar-refractivity contribution >= 4 is 39.8 Å². The minimum absolute atomic E-state index is 0.0193. The molecule has 2 fully saturated rings. The largest absolute Gasteiger partial charge is 0.458 e. The summed E-state index contributed by atoms with van der Waals surface area (Å²) in [5, 5.41) is 12.4. The van der Waals surface area contributed by atoms with Crippen LogP contribution in [-0.4, -0.2) is 84.1 Å². The molecule has 3 heterocycles. The number of ether oxygens (including phenoxy) is 1. The predicted molar refractivity (Wildman–Crippen MR) is 170 cm³/mol. The molecule has 1 aliphatic carbocycles. The molecule has 1 saturated carbocycles. The molecule has 43 heavy (non-hydrogen) atoms. The van der Waals surface area contributed by atoms with Crippen LogP contribution in [0.15, 0.2) is 49.1 Å². The second-order valence-corrected chi connectivity index (χ2v) is 12.3. The van der Waals surface area contributed by atoms with Crippen molar-refractivity contribution in [3.05, 3.63) is 65.3 Å². The van der Waals surface area contributed by atoms with Gasteiger partial charge in [-0.25, -0.2) is 0 Å². The zero-order chi connectivity index (χ0) is 30.1. The quantitative estimate of drug-likeness (QED) is 0.357. The van der Waals surface area contributed by atoms with Crippen molar-refractivity contribution in [1.29, 1.82) is 5.26 Å². The van der Waals surface area contributed by atoms with Gasteiger partial charge in [0.15, 0.2) is 0 Å². The van der Waals surface area contributed by atoms with Crippen molar-refractivity contribution in [1.82, 2.24) is 19.8 Å². The van der Waals surface area contributed by atoms with Gasteiger partial charge in [0.1, 0.15) is 11.9 Å². The second kappa shape index (κ2) is 12.4. The maximum absolute atomic E-state index is 12.6. The van der Waals surface area contributed by atoms with Crippen LogP contribution in [0.2, 0.25) is 5.02 Å². The number of piperazine rings is 1. The molecule has 0 N–H and O–H groups in total. The number of hydrogen-bond acceptors (Lipinski definition) is 8. The van der Waals surface area contributed by atoms with Crippen molar-refractivity contribution in [2.24, 2.45) is 0 Å². The van der Waals surface area contributed by atoms with Gasteiger partial charge in [0.25, 0.3) is 0 Å². The summed E-state index contributed by atoms with van der Waals surface area (Å²) < 4.78 is 6.57. The van der Waals surface area contributed by atoms with E-state index < -0.39 is 0 Å². The zero-order valence-corrected chi connectivity index (χ0v) is 25.6. The fourth-order valence-corrected chi connectivity index (χ4v) is 7.23. The molecule has 3 atom stereocenters. The van der Waals surface area contributed by atoms with E-state index in [1.807, 2.05) is 12.1 Å². The summed E-state index contributed by atoms with van der Waals surface area (Å²) in [5.74, 6) is 0.706. The first-order chi connectivity index (χ1) is 20.9. The summed E-state index contributed by atoms with van der Waals surface area (Å²) in [6.45, 7) is 6.67. The van der Waals surface area contributed by atoms with E-state index in [0.29, 0.717) is 38.2 Å². The number of rotatable bonds is 7. The predicted octanol–water partition coefficient (Wildman–Crippen LogP) is 4.82. The number of fused-ring (bicyclic) bond motifs is 2. The van der Waals surface area contributed by atoms with Gasteiger partial charge in [-0.15, -0.1) is 0 Å². The second-order valence-electron chi connectivity index (χ2n) is 11.9. The molecule has 2 aromatic carbocycles. The summed E-state index contributed by atoms with van der Waals surface area (Å²) in [6, 6.07) is 15.0. The first-order valence-electron chi connectivity index (χ1n) is 15.1. The molecule has 2 aliphatic heterocycles. The van der Waals surface area contributed by atoms with Crippen LogP contribution in [0.1, 0.15) is 36.9 Å². The van der Waals surface area contributed by atoms with Crippen LogP contribution in [0.5, 0.6) is 6.01 Å². The lowest BCUT2D eigenvalue weighted by Crippen LogP contribution is -2.55. The number of nitrogens with zero attached hydrogens (tertiary/aromatic N) is 7. The highest BCUT2D eigenvalue weighted by Crippen LogP contribution is 2.38. The van der Waals surface area contributed by atoms with E-state index in [9.17, 15) is 10.1 Å². The van der Waals surface area contributed by atoms with E-state index >= 15 is 0 Å². The monoisotopic (exact) mass is 599 g/mol. The van der Waals surface area contributed by atoms with E-state index in [0.717, 1.165) is 70.8 Å². The number of carbonyl (C=O) groups is 1. The maximum atomic E-state index is 12.6. The molecule has 9 nitrogen and oxygen atoms in total. The van der Waals surface area contributed by atoms with Gasteiger partial charge in [0.2, 0.25) is 5.91 Å². The number of aromatic nitrogens is 2. The van der Waals surface area contributed by atoms with Crippen molar-refractivity contribution < 1.29 is 9.53 Å². The number of carbonyl (C=O) groups excluding carboxylic acids is 1. The average Bonchev–Trinajstić information content (AvgIpc) is 3.48. The Kier molecular flexibility index (Phi) is 8.42. The van der Waals surface area contributed by atoms with Crippen LogP contribution < -0.4 is 14.5 Å². The third-order valence-electron chi connectivity index (χ3n) is 9.10. The van der Waals surface area contributed by atoms with Crippen LogP contribution in [0.3, 0.4) is 0 Å². The van der Waals surface area contributed by atoms with Crippen molar-refractivity contribution in [3.63, 3.8) is 0 Å². The highest BCUT2D eigenvalue weighted by Gasteiger charge is 2.35. The molecule has 3 aliphatic rings. The summed E-state index contributed by atoms with van der Waals surface area (Å²) in [6.07, 6.45) is 5.50. The van der Waals surface area contributed by atoms with E-state index in [4.69, 9.17) is 26.3 Å². The number of anilines is 2. The Hall–Kier alpha value is -3.87. The van der Waals surface area contributed by atoms with Gasteiger partial charge in [0.05, 0.1) is 35.8 Å². The van der Waals surface area contributed by atoms with Gasteiger partial charge in [-0.05, 0) is 63.4 Å². The molecule has 3 aromatic rings. The van der Waals surface area contributed by atoms with Crippen molar-refractivity contribution in [3.8, 4) is 12.1 Å². The maximum Gasteiger partial charge on any atom is 0.319 e. The Balaban J connectivity index is 1.37. The highest BCUT2D eigenvalue weighted by atomic mass is 35.5. The number of benzene rings is 2. The Bertz CT molecular complexity index is 1570. The van der Waals surface area contributed by atoms with Gasteiger partial charge in [0, 0.05) is 48.9 Å². The molecular weight excluding hydrogens is 562 g/mol. The van der Waals surface area contributed by atoms with Crippen LogP contribution >= 0.6 is 11.6 Å². The van der Waals surface area contributed by atoms with Gasteiger partial charge < -0.3 is 24.3 Å².